The molecule has 0 saturated carbocycles. The van der Waals surface area contributed by atoms with E-state index in [1.807, 2.05) is 13.8 Å². The third-order valence-corrected chi connectivity index (χ3v) is 4.76. The van der Waals surface area contributed by atoms with Crippen LogP contribution in [-0.4, -0.2) is 38.5 Å². The number of carbonyl (C=O) groups is 2. The van der Waals surface area contributed by atoms with E-state index in [-0.39, 0.29) is 35.2 Å². The highest BCUT2D eigenvalue weighted by Crippen LogP contribution is 2.42. The standard InChI is InChI=1S/C21H29NO5/c1-4-5-6-7-10-22-19(15-9-8-14(23)12-16(15)24)18(20(26)21(22)27)17(25)11-13(2)3/h8-9,12-13,19,23-24,26H,4-7,10-11H2,1-3H3. The second-order valence-corrected chi connectivity index (χ2v) is 7.49. The summed E-state index contributed by atoms with van der Waals surface area (Å²) in [7, 11) is 0. The van der Waals surface area contributed by atoms with Crippen LogP contribution in [0.25, 0.3) is 0 Å². The zero-order chi connectivity index (χ0) is 20.1. The van der Waals surface area contributed by atoms with Gasteiger partial charge in [0.15, 0.2) is 11.5 Å². The monoisotopic (exact) mass is 375 g/mol. The molecule has 0 saturated heterocycles. The molecule has 1 aromatic carbocycles. The predicted molar refractivity (Wildman–Crippen MR) is 102 cm³/mol. The summed E-state index contributed by atoms with van der Waals surface area (Å²) in [6.07, 6.45) is 3.97. The lowest BCUT2D eigenvalue weighted by Gasteiger charge is -2.27. The molecule has 3 N–H and O–H groups in total. The first-order valence-corrected chi connectivity index (χ1v) is 9.57. The van der Waals surface area contributed by atoms with Gasteiger partial charge < -0.3 is 20.2 Å². The average molecular weight is 375 g/mol. The predicted octanol–water partition coefficient (Wildman–Crippen LogP) is 3.99. The number of aliphatic hydroxyl groups is 1. The second kappa shape index (κ2) is 8.93. The lowest BCUT2D eigenvalue weighted by atomic mass is 9.91. The molecule has 0 fully saturated rings. The molecule has 0 radical (unpaired) electrons. The normalized spacial score (nSPS) is 17.3. The molecule has 6 heteroatoms. The highest BCUT2D eigenvalue weighted by molar-refractivity contribution is 6.09. The minimum absolute atomic E-state index is 0.0326. The zero-order valence-corrected chi connectivity index (χ0v) is 16.2. The largest absolute Gasteiger partial charge is 0.508 e. The van der Waals surface area contributed by atoms with Crippen LogP contribution in [0, 0.1) is 5.92 Å². The fourth-order valence-electron chi connectivity index (χ4n) is 3.45. The van der Waals surface area contributed by atoms with Gasteiger partial charge in [-0.05, 0) is 24.5 Å². The maximum absolute atomic E-state index is 12.8. The highest BCUT2D eigenvalue weighted by atomic mass is 16.3. The summed E-state index contributed by atoms with van der Waals surface area (Å²) in [5, 5.41) is 30.3. The Morgan fingerprint density at radius 1 is 1.15 bits per heavy atom. The number of aromatic hydroxyl groups is 2. The summed E-state index contributed by atoms with van der Waals surface area (Å²) in [5.74, 6) is -1.68. The number of aliphatic hydroxyl groups excluding tert-OH is 1. The van der Waals surface area contributed by atoms with Crippen molar-refractivity contribution in [3.05, 3.63) is 35.1 Å². The summed E-state index contributed by atoms with van der Waals surface area (Å²) < 4.78 is 0. The molecule has 1 heterocycles. The van der Waals surface area contributed by atoms with Crippen LogP contribution in [0.2, 0.25) is 0 Å². The number of phenols is 2. The molecule has 1 unspecified atom stereocenters. The van der Waals surface area contributed by atoms with Crippen LogP contribution in [0.15, 0.2) is 29.5 Å². The number of carbonyl (C=O) groups excluding carboxylic acids is 2. The van der Waals surface area contributed by atoms with E-state index < -0.39 is 17.7 Å². The van der Waals surface area contributed by atoms with E-state index in [0.717, 1.165) is 25.7 Å². The van der Waals surface area contributed by atoms with Crippen LogP contribution in [0.1, 0.15) is 64.5 Å². The summed E-state index contributed by atoms with van der Waals surface area (Å²) >= 11 is 0. The van der Waals surface area contributed by atoms with E-state index in [1.54, 1.807) is 0 Å². The number of hydrogen-bond acceptors (Lipinski definition) is 5. The van der Waals surface area contributed by atoms with Crippen molar-refractivity contribution in [3.8, 4) is 11.5 Å². The van der Waals surface area contributed by atoms with Crippen molar-refractivity contribution in [1.29, 1.82) is 0 Å². The van der Waals surface area contributed by atoms with E-state index in [1.165, 1.54) is 23.1 Å². The topological polar surface area (TPSA) is 98.1 Å². The van der Waals surface area contributed by atoms with E-state index >= 15 is 0 Å². The van der Waals surface area contributed by atoms with Crippen molar-refractivity contribution in [1.82, 2.24) is 4.90 Å². The molecule has 1 atom stereocenters. The minimum Gasteiger partial charge on any atom is -0.508 e. The van der Waals surface area contributed by atoms with Gasteiger partial charge in [-0.15, -0.1) is 0 Å². The number of Topliss-reactive ketones (excluding diaryl/α,β-unsaturated/α-hetero) is 1. The summed E-state index contributed by atoms with van der Waals surface area (Å²) in [5.41, 5.74) is 0.359. The maximum atomic E-state index is 12.8. The number of ketones is 1. The molecule has 0 spiro atoms. The van der Waals surface area contributed by atoms with Gasteiger partial charge in [0.2, 0.25) is 0 Å². The number of rotatable bonds is 9. The van der Waals surface area contributed by atoms with E-state index in [0.29, 0.717) is 12.1 Å². The molecule has 2 rings (SSSR count). The average Bonchev–Trinajstić information content (AvgIpc) is 2.83. The molecule has 0 aliphatic carbocycles. The summed E-state index contributed by atoms with van der Waals surface area (Å²) in [6, 6.07) is 3.22. The van der Waals surface area contributed by atoms with Gasteiger partial charge in [0.05, 0.1) is 11.6 Å². The Bertz CT molecular complexity index is 738. The Balaban J connectivity index is 2.42. The van der Waals surface area contributed by atoms with Crippen molar-refractivity contribution in [3.63, 3.8) is 0 Å². The van der Waals surface area contributed by atoms with Crippen LogP contribution in [0.4, 0.5) is 0 Å². The van der Waals surface area contributed by atoms with Crippen LogP contribution in [0.3, 0.4) is 0 Å². The third-order valence-electron chi connectivity index (χ3n) is 4.76. The van der Waals surface area contributed by atoms with Gasteiger partial charge in [-0.2, -0.15) is 0 Å². The van der Waals surface area contributed by atoms with Gasteiger partial charge in [0.1, 0.15) is 11.5 Å². The SMILES string of the molecule is CCCCCCN1C(=O)C(O)=C(C(=O)CC(C)C)C1c1ccc(O)cc1O. The first-order valence-electron chi connectivity index (χ1n) is 9.57. The van der Waals surface area contributed by atoms with Crippen LogP contribution in [-0.2, 0) is 9.59 Å². The maximum Gasteiger partial charge on any atom is 0.290 e. The molecule has 1 aliphatic heterocycles. The Labute approximate surface area is 160 Å². The molecule has 1 amide bonds. The molecule has 0 aromatic heterocycles. The Morgan fingerprint density at radius 3 is 2.44 bits per heavy atom. The molecule has 1 aromatic rings. The number of unbranched alkanes of at least 4 members (excludes halogenated alkanes) is 3. The van der Waals surface area contributed by atoms with E-state index in [4.69, 9.17) is 0 Å². The first-order chi connectivity index (χ1) is 12.8. The third kappa shape index (κ3) is 4.62. The lowest BCUT2D eigenvalue weighted by Crippen LogP contribution is -2.32. The Hall–Kier alpha value is -2.50. The van der Waals surface area contributed by atoms with Crippen molar-refractivity contribution in [2.24, 2.45) is 5.92 Å². The van der Waals surface area contributed by atoms with Gasteiger partial charge in [-0.3, -0.25) is 9.59 Å². The number of phenolic OH excluding ortho intramolecular Hbond substituents is 2. The lowest BCUT2D eigenvalue weighted by molar-refractivity contribution is -0.129. The minimum atomic E-state index is -0.842. The van der Waals surface area contributed by atoms with Crippen LogP contribution in [0.5, 0.6) is 11.5 Å². The highest BCUT2D eigenvalue weighted by Gasteiger charge is 2.44. The van der Waals surface area contributed by atoms with Crippen molar-refractivity contribution in [2.45, 2.75) is 58.9 Å². The fourth-order valence-corrected chi connectivity index (χ4v) is 3.45. The molecular weight excluding hydrogens is 346 g/mol. The number of amides is 1. The summed E-state index contributed by atoms with van der Waals surface area (Å²) in [6.45, 7) is 6.25. The van der Waals surface area contributed by atoms with E-state index in [9.17, 15) is 24.9 Å². The van der Waals surface area contributed by atoms with Gasteiger partial charge in [0, 0.05) is 24.6 Å². The van der Waals surface area contributed by atoms with Crippen molar-refractivity contribution >= 4 is 11.7 Å². The molecular formula is C21H29NO5. The van der Waals surface area contributed by atoms with Gasteiger partial charge in [-0.1, -0.05) is 40.0 Å². The van der Waals surface area contributed by atoms with E-state index in [2.05, 4.69) is 6.92 Å². The Morgan fingerprint density at radius 2 is 1.85 bits per heavy atom. The molecule has 27 heavy (non-hydrogen) atoms. The number of benzene rings is 1. The quantitative estimate of drug-likeness (QED) is 0.567. The van der Waals surface area contributed by atoms with Gasteiger partial charge in [-0.25, -0.2) is 0 Å². The number of nitrogens with zero attached hydrogens (tertiary/aromatic N) is 1. The van der Waals surface area contributed by atoms with Crippen molar-refractivity contribution < 1.29 is 24.9 Å². The smallest absolute Gasteiger partial charge is 0.290 e. The fraction of sp³-hybridized carbons (Fsp3) is 0.524. The van der Waals surface area contributed by atoms with Gasteiger partial charge >= 0.3 is 0 Å². The molecule has 0 bridgehead atoms. The number of hydrogen-bond donors (Lipinski definition) is 3. The van der Waals surface area contributed by atoms with Crippen LogP contribution >= 0.6 is 0 Å². The second-order valence-electron chi connectivity index (χ2n) is 7.49. The van der Waals surface area contributed by atoms with Crippen LogP contribution < -0.4 is 0 Å². The zero-order valence-electron chi connectivity index (χ0n) is 16.2. The molecule has 148 valence electrons. The Kier molecular flexibility index (Phi) is 6.88. The first kappa shape index (κ1) is 20.8. The molecule has 6 nitrogen and oxygen atoms in total. The van der Waals surface area contributed by atoms with Crippen molar-refractivity contribution in [2.75, 3.05) is 6.54 Å². The summed E-state index contributed by atoms with van der Waals surface area (Å²) in [4.78, 5) is 26.9. The van der Waals surface area contributed by atoms with Gasteiger partial charge in [0.25, 0.3) is 5.91 Å². The molecule has 1 aliphatic rings.